The minimum Gasteiger partial charge on any atom is -0.351 e. The smallest absolute Gasteiger partial charge is 0.319 e. The van der Waals surface area contributed by atoms with E-state index in [4.69, 9.17) is 11.5 Å². The van der Waals surface area contributed by atoms with Gasteiger partial charge in [-0.1, -0.05) is 12.1 Å². The molecule has 0 saturated heterocycles. The number of hydrogen-bond donors (Lipinski definition) is 2. The van der Waals surface area contributed by atoms with Crippen LogP contribution >= 0.6 is 0 Å². The lowest BCUT2D eigenvalue weighted by Crippen LogP contribution is -2.37. The standard InChI is InChI=1S/C11H17N3O/c1-9-4-2-5-10(8-9)14(11(13)15)7-3-6-12/h2,4-5,8H,3,6-7,12H2,1H3,(H2,13,15). The molecule has 0 radical (unpaired) electrons. The fourth-order valence-electron chi connectivity index (χ4n) is 1.41. The van der Waals surface area contributed by atoms with E-state index in [9.17, 15) is 4.79 Å². The van der Waals surface area contributed by atoms with E-state index in [2.05, 4.69) is 0 Å². The van der Waals surface area contributed by atoms with Crippen molar-refractivity contribution in [1.82, 2.24) is 0 Å². The molecule has 82 valence electrons. The van der Waals surface area contributed by atoms with E-state index in [0.29, 0.717) is 13.1 Å². The average Bonchev–Trinajstić information content (AvgIpc) is 2.18. The Morgan fingerprint density at radius 2 is 2.20 bits per heavy atom. The highest BCUT2D eigenvalue weighted by atomic mass is 16.2. The molecule has 0 aliphatic heterocycles. The molecule has 1 aromatic rings. The third-order valence-electron chi connectivity index (χ3n) is 2.17. The number of hydrogen-bond acceptors (Lipinski definition) is 2. The topological polar surface area (TPSA) is 72.3 Å². The van der Waals surface area contributed by atoms with Crippen LogP contribution in [0.1, 0.15) is 12.0 Å². The van der Waals surface area contributed by atoms with E-state index >= 15 is 0 Å². The summed E-state index contributed by atoms with van der Waals surface area (Å²) in [7, 11) is 0. The highest BCUT2D eigenvalue weighted by Gasteiger charge is 2.10. The second kappa shape index (κ2) is 5.36. The monoisotopic (exact) mass is 207 g/mol. The first-order chi connectivity index (χ1) is 7.15. The highest BCUT2D eigenvalue weighted by Crippen LogP contribution is 2.15. The molecule has 15 heavy (non-hydrogen) atoms. The van der Waals surface area contributed by atoms with Crippen LogP contribution in [-0.4, -0.2) is 19.1 Å². The molecule has 0 heterocycles. The van der Waals surface area contributed by atoms with Gasteiger partial charge in [-0.25, -0.2) is 4.79 Å². The number of benzene rings is 1. The van der Waals surface area contributed by atoms with Crippen molar-refractivity contribution < 1.29 is 4.79 Å². The lowest BCUT2D eigenvalue weighted by atomic mass is 10.2. The number of primary amides is 1. The SMILES string of the molecule is Cc1cccc(N(CCCN)C(N)=O)c1. The van der Waals surface area contributed by atoms with Crippen LogP contribution in [-0.2, 0) is 0 Å². The summed E-state index contributed by atoms with van der Waals surface area (Å²) in [6.07, 6.45) is 0.747. The number of anilines is 1. The van der Waals surface area contributed by atoms with Gasteiger partial charge in [0, 0.05) is 12.2 Å². The van der Waals surface area contributed by atoms with Crippen LogP contribution in [0.15, 0.2) is 24.3 Å². The van der Waals surface area contributed by atoms with E-state index in [0.717, 1.165) is 17.7 Å². The van der Waals surface area contributed by atoms with E-state index in [1.807, 2.05) is 31.2 Å². The third kappa shape index (κ3) is 3.25. The molecule has 0 fully saturated rings. The molecule has 2 amide bonds. The Balaban J connectivity index is 2.84. The van der Waals surface area contributed by atoms with Crippen LogP contribution < -0.4 is 16.4 Å². The molecule has 1 aromatic carbocycles. The summed E-state index contributed by atoms with van der Waals surface area (Å²) in [6.45, 7) is 3.09. The number of rotatable bonds is 4. The highest BCUT2D eigenvalue weighted by molar-refractivity contribution is 5.90. The Kier molecular flexibility index (Phi) is 4.12. The zero-order chi connectivity index (χ0) is 11.3. The molecule has 1 rings (SSSR count). The molecule has 0 bridgehead atoms. The third-order valence-corrected chi connectivity index (χ3v) is 2.17. The summed E-state index contributed by atoms with van der Waals surface area (Å²) in [5.74, 6) is 0. The lowest BCUT2D eigenvalue weighted by molar-refractivity contribution is 0.254. The summed E-state index contributed by atoms with van der Waals surface area (Å²) in [4.78, 5) is 12.8. The number of urea groups is 1. The van der Waals surface area contributed by atoms with Crippen molar-refractivity contribution in [2.24, 2.45) is 11.5 Å². The molecule has 4 heteroatoms. The maximum atomic E-state index is 11.2. The molecule has 0 unspecified atom stereocenters. The van der Waals surface area contributed by atoms with Gasteiger partial charge in [-0.3, -0.25) is 4.90 Å². The first-order valence-electron chi connectivity index (χ1n) is 4.99. The predicted octanol–water partition coefficient (Wildman–Crippen LogP) is 1.23. The molecule has 0 atom stereocenters. The van der Waals surface area contributed by atoms with Crippen molar-refractivity contribution in [1.29, 1.82) is 0 Å². The van der Waals surface area contributed by atoms with Gasteiger partial charge in [-0.2, -0.15) is 0 Å². The second-order valence-electron chi connectivity index (χ2n) is 3.47. The van der Waals surface area contributed by atoms with E-state index < -0.39 is 6.03 Å². The van der Waals surface area contributed by atoms with Crippen molar-refractivity contribution in [3.05, 3.63) is 29.8 Å². The lowest BCUT2D eigenvalue weighted by Gasteiger charge is -2.20. The Labute approximate surface area is 89.9 Å². The largest absolute Gasteiger partial charge is 0.351 e. The number of nitrogens with two attached hydrogens (primary N) is 2. The van der Waals surface area contributed by atoms with Gasteiger partial charge in [0.1, 0.15) is 0 Å². The fourth-order valence-corrected chi connectivity index (χ4v) is 1.41. The molecule has 0 aliphatic rings. The van der Waals surface area contributed by atoms with Gasteiger partial charge in [0.2, 0.25) is 0 Å². The van der Waals surface area contributed by atoms with Crippen molar-refractivity contribution >= 4 is 11.7 Å². The fraction of sp³-hybridized carbons (Fsp3) is 0.364. The first-order valence-corrected chi connectivity index (χ1v) is 4.99. The van der Waals surface area contributed by atoms with Crippen LogP contribution in [0, 0.1) is 6.92 Å². The molecular formula is C11H17N3O. The van der Waals surface area contributed by atoms with Gasteiger partial charge in [-0.15, -0.1) is 0 Å². The molecule has 4 N–H and O–H groups in total. The number of carbonyl (C=O) groups excluding carboxylic acids is 1. The minimum atomic E-state index is -0.436. The molecular weight excluding hydrogens is 190 g/mol. The molecule has 0 aliphatic carbocycles. The van der Waals surface area contributed by atoms with E-state index in [1.165, 1.54) is 0 Å². The Bertz CT molecular complexity index is 338. The minimum absolute atomic E-state index is 0.436. The number of aryl methyl sites for hydroxylation is 1. The zero-order valence-corrected chi connectivity index (χ0v) is 8.94. The average molecular weight is 207 g/mol. The Morgan fingerprint density at radius 3 is 2.73 bits per heavy atom. The number of carbonyl (C=O) groups is 1. The summed E-state index contributed by atoms with van der Waals surface area (Å²) in [6, 6.07) is 7.25. The van der Waals surface area contributed by atoms with Gasteiger partial charge in [0.25, 0.3) is 0 Å². The molecule has 0 aromatic heterocycles. The molecule has 0 spiro atoms. The summed E-state index contributed by atoms with van der Waals surface area (Å²) >= 11 is 0. The Morgan fingerprint density at radius 1 is 1.47 bits per heavy atom. The van der Waals surface area contributed by atoms with Crippen molar-refractivity contribution in [2.45, 2.75) is 13.3 Å². The molecule has 0 saturated carbocycles. The quantitative estimate of drug-likeness (QED) is 0.779. The van der Waals surface area contributed by atoms with Crippen molar-refractivity contribution in [2.75, 3.05) is 18.0 Å². The zero-order valence-electron chi connectivity index (χ0n) is 8.94. The normalized spacial score (nSPS) is 10.0. The summed E-state index contributed by atoms with van der Waals surface area (Å²) < 4.78 is 0. The van der Waals surface area contributed by atoms with Crippen LogP contribution in [0.5, 0.6) is 0 Å². The van der Waals surface area contributed by atoms with Gasteiger partial charge < -0.3 is 11.5 Å². The van der Waals surface area contributed by atoms with Crippen molar-refractivity contribution in [3.8, 4) is 0 Å². The maximum absolute atomic E-state index is 11.2. The van der Waals surface area contributed by atoms with Gasteiger partial charge in [0.15, 0.2) is 0 Å². The van der Waals surface area contributed by atoms with Crippen LogP contribution in [0.2, 0.25) is 0 Å². The van der Waals surface area contributed by atoms with E-state index in [1.54, 1.807) is 4.90 Å². The van der Waals surface area contributed by atoms with Crippen molar-refractivity contribution in [3.63, 3.8) is 0 Å². The maximum Gasteiger partial charge on any atom is 0.319 e. The van der Waals surface area contributed by atoms with Gasteiger partial charge in [0.05, 0.1) is 0 Å². The Hall–Kier alpha value is -1.55. The predicted molar refractivity (Wildman–Crippen MR) is 61.8 cm³/mol. The van der Waals surface area contributed by atoms with Crippen LogP contribution in [0.25, 0.3) is 0 Å². The summed E-state index contributed by atoms with van der Waals surface area (Å²) in [5, 5.41) is 0. The first kappa shape index (κ1) is 11.5. The second-order valence-corrected chi connectivity index (χ2v) is 3.47. The van der Waals surface area contributed by atoms with Crippen LogP contribution in [0.4, 0.5) is 10.5 Å². The number of nitrogens with zero attached hydrogens (tertiary/aromatic N) is 1. The van der Waals surface area contributed by atoms with Gasteiger partial charge in [-0.05, 0) is 37.6 Å². The number of amides is 2. The summed E-state index contributed by atoms with van der Waals surface area (Å²) in [5.41, 5.74) is 12.6. The van der Waals surface area contributed by atoms with Gasteiger partial charge >= 0.3 is 6.03 Å². The molecule has 4 nitrogen and oxygen atoms in total. The van der Waals surface area contributed by atoms with Crippen LogP contribution in [0.3, 0.4) is 0 Å². The van der Waals surface area contributed by atoms with E-state index in [-0.39, 0.29) is 0 Å².